The van der Waals surface area contributed by atoms with Gasteiger partial charge in [0.05, 0.1) is 33.0 Å². The van der Waals surface area contributed by atoms with Crippen molar-refractivity contribution < 1.29 is 27.9 Å². The van der Waals surface area contributed by atoms with Gasteiger partial charge >= 0.3 is 5.97 Å². The minimum absolute atomic E-state index is 0.0709. The van der Waals surface area contributed by atoms with Crippen LogP contribution in [0.15, 0.2) is 59.5 Å². The molecule has 0 unspecified atom stereocenters. The fourth-order valence-electron chi connectivity index (χ4n) is 3.50. The van der Waals surface area contributed by atoms with Gasteiger partial charge in [-0.15, -0.1) is 0 Å². The topological polar surface area (TPSA) is 144 Å². The Bertz CT molecular complexity index is 1390. The van der Waals surface area contributed by atoms with Gasteiger partial charge in [0.1, 0.15) is 0 Å². The molecule has 0 radical (unpaired) electrons. The molecule has 3 aromatic carbocycles. The van der Waals surface area contributed by atoms with E-state index in [9.17, 15) is 27.9 Å². The standard InChI is InChI=1S/C22H16N2O6S/c1-11-6-8-12(9-7-11)31(29,30)24-16-10-15(22(27)28)19(23)18-17(16)20(25)13-4-2-3-5-14(13)21(18)26/h2-10,24H,23H2,1H3,(H,27,28). The summed E-state index contributed by atoms with van der Waals surface area (Å²) in [5.41, 5.74) is 5.13. The molecule has 31 heavy (non-hydrogen) atoms. The second-order valence-corrected chi connectivity index (χ2v) is 8.75. The van der Waals surface area contributed by atoms with E-state index in [1.54, 1.807) is 31.2 Å². The van der Waals surface area contributed by atoms with Crippen LogP contribution in [-0.2, 0) is 10.0 Å². The summed E-state index contributed by atoms with van der Waals surface area (Å²) in [5, 5.41) is 9.53. The van der Waals surface area contributed by atoms with Crippen LogP contribution in [-0.4, -0.2) is 31.1 Å². The Hall–Kier alpha value is -3.98. The third-order valence-electron chi connectivity index (χ3n) is 5.04. The van der Waals surface area contributed by atoms with E-state index in [0.717, 1.165) is 11.6 Å². The maximum atomic E-state index is 13.2. The van der Waals surface area contributed by atoms with Crippen LogP contribution >= 0.6 is 0 Å². The lowest BCUT2D eigenvalue weighted by Gasteiger charge is -2.23. The molecule has 0 saturated heterocycles. The van der Waals surface area contributed by atoms with E-state index in [-0.39, 0.29) is 32.8 Å². The predicted molar refractivity (Wildman–Crippen MR) is 113 cm³/mol. The van der Waals surface area contributed by atoms with Gasteiger partial charge in [0.2, 0.25) is 0 Å². The molecule has 1 aliphatic rings. The Morgan fingerprint density at radius 1 is 0.935 bits per heavy atom. The number of anilines is 2. The number of carbonyl (C=O) groups is 3. The van der Waals surface area contributed by atoms with Gasteiger partial charge in [-0.25, -0.2) is 13.2 Å². The first-order valence-electron chi connectivity index (χ1n) is 9.09. The summed E-state index contributed by atoms with van der Waals surface area (Å²) in [7, 11) is -4.18. The van der Waals surface area contributed by atoms with Gasteiger partial charge in [-0.1, -0.05) is 42.0 Å². The third-order valence-corrected chi connectivity index (χ3v) is 6.43. The number of aromatic carboxylic acids is 1. The summed E-state index contributed by atoms with van der Waals surface area (Å²) in [6.45, 7) is 1.79. The van der Waals surface area contributed by atoms with E-state index in [2.05, 4.69) is 4.72 Å². The molecule has 0 spiro atoms. The number of carboxylic acids is 1. The average molecular weight is 436 g/mol. The molecule has 0 aliphatic heterocycles. The number of hydrogen-bond acceptors (Lipinski definition) is 6. The predicted octanol–water partition coefficient (Wildman–Crippen LogP) is 2.85. The van der Waals surface area contributed by atoms with Crippen molar-refractivity contribution in [2.45, 2.75) is 11.8 Å². The molecule has 8 nitrogen and oxygen atoms in total. The number of hydrogen-bond donors (Lipinski definition) is 3. The van der Waals surface area contributed by atoms with Gasteiger partial charge in [-0.3, -0.25) is 14.3 Å². The van der Waals surface area contributed by atoms with Crippen molar-refractivity contribution in [3.8, 4) is 0 Å². The lowest BCUT2D eigenvalue weighted by molar-refractivity contribution is 0.0697. The molecular formula is C22H16N2O6S. The summed E-state index contributed by atoms with van der Waals surface area (Å²) < 4.78 is 28.1. The first-order valence-corrected chi connectivity index (χ1v) is 10.6. The number of nitrogens with two attached hydrogens (primary N) is 1. The average Bonchev–Trinajstić information content (AvgIpc) is 2.73. The van der Waals surface area contributed by atoms with Crippen LogP contribution in [0.2, 0.25) is 0 Å². The number of carbonyl (C=O) groups excluding carboxylic acids is 2. The Kier molecular flexibility index (Phi) is 4.63. The number of benzene rings is 3. The highest BCUT2D eigenvalue weighted by Gasteiger charge is 2.36. The third kappa shape index (κ3) is 3.24. The van der Waals surface area contributed by atoms with Crippen molar-refractivity contribution in [3.05, 3.63) is 88.0 Å². The molecule has 0 saturated carbocycles. The number of carboxylic acid groups (broad SMARTS) is 1. The summed E-state index contributed by atoms with van der Waals surface area (Å²) in [4.78, 5) is 37.9. The lowest BCUT2D eigenvalue weighted by atomic mass is 9.81. The highest BCUT2D eigenvalue weighted by Crippen LogP contribution is 2.38. The first-order chi connectivity index (χ1) is 14.6. The Morgan fingerprint density at radius 3 is 2.03 bits per heavy atom. The fourth-order valence-corrected chi connectivity index (χ4v) is 4.56. The summed E-state index contributed by atoms with van der Waals surface area (Å²) >= 11 is 0. The smallest absolute Gasteiger partial charge is 0.337 e. The molecule has 4 rings (SSSR count). The largest absolute Gasteiger partial charge is 0.478 e. The van der Waals surface area contributed by atoms with E-state index in [0.29, 0.717) is 0 Å². The molecule has 9 heteroatoms. The first kappa shape index (κ1) is 20.3. The van der Waals surface area contributed by atoms with E-state index < -0.39 is 38.8 Å². The highest BCUT2D eigenvalue weighted by atomic mass is 32.2. The highest BCUT2D eigenvalue weighted by molar-refractivity contribution is 7.92. The van der Waals surface area contributed by atoms with Crippen molar-refractivity contribution in [1.82, 2.24) is 0 Å². The number of rotatable bonds is 4. The minimum atomic E-state index is -4.18. The second-order valence-electron chi connectivity index (χ2n) is 7.06. The normalized spacial score (nSPS) is 12.8. The van der Waals surface area contributed by atoms with Gasteiger partial charge in [-0.2, -0.15) is 0 Å². The van der Waals surface area contributed by atoms with Crippen molar-refractivity contribution in [3.63, 3.8) is 0 Å². The molecule has 0 fully saturated rings. The zero-order chi connectivity index (χ0) is 22.5. The molecule has 4 N–H and O–H groups in total. The Morgan fingerprint density at radius 2 is 1.48 bits per heavy atom. The van der Waals surface area contributed by atoms with Gasteiger partial charge in [-0.05, 0) is 25.1 Å². The number of fused-ring (bicyclic) bond motifs is 2. The van der Waals surface area contributed by atoms with E-state index >= 15 is 0 Å². The fraction of sp³-hybridized carbons (Fsp3) is 0.0455. The zero-order valence-corrected chi connectivity index (χ0v) is 17.0. The van der Waals surface area contributed by atoms with Crippen LogP contribution in [0, 0.1) is 6.92 Å². The van der Waals surface area contributed by atoms with Crippen molar-refractivity contribution >= 4 is 38.9 Å². The monoisotopic (exact) mass is 436 g/mol. The van der Waals surface area contributed by atoms with Crippen LogP contribution in [0.5, 0.6) is 0 Å². The quantitative estimate of drug-likeness (QED) is 0.417. The van der Waals surface area contributed by atoms with Crippen LogP contribution in [0.1, 0.15) is 47.8 Å². The molecule has 0 aromatic heterocycles. The summed E-state index contributed by atoms with van der Waals surface area (Å²) in [6, 6.07) is 12.9. The van der Waals surface area contributed by atoms with Crippen LogP contribution in [0.3, 0.4) is 0 Å². The SMILES string of the molecule is Cc1ccc(S(=O)(=O)Nc2cc(C(=O)O)c(N)c3c2C(=O)c2ccccc2C3=O)cc1. The van der Waals surface area contributed by atoms with E-state index in [4.69, 9.17) is 5.73 Å². The Labute approximate surface area is 177 Å². The number of nitrogen functional groups attached to an aromatic ring is 1. The molecular weight excluding hydrogens is 420 g/mol. The van der Waals surface area contributed by atoms with E-state index in [1.807, 2.05) is 0 Å². The van der Waals surface area contributed by atoms with Gasteiger partial charge in [0.15, 0.2) is 11.6 Å². The molecule has 0 atom stereocenters. The molecule has 1 aliphatic carbocycles. The molecule has 3 aromatic rings. The molecule has 0 heterocycles. The second kappa shape index (κ2) is 7.06. The van der Waals surface area contributed by atoms with Crippen LogP contribution in [0.25, 0.3) is 0 Å². The molecule has 0 amide bonds. The molecule has 0 bridgehead atoms. The van der Waals surface area contributed by atoms with Crippen LogP contribution in [0.4, 0.5) is 11.4 Å². The van der Waals surface area contributed by atoms with Gasteiger partial charge < -0.3 is 10.8 Å². The van der Waals surface area contributed by atoms with E-state index in [1.165, 1.54) is 24.3 Å². The minimum Gasteiger partial charge on any atom is -0.478 e. The number of aryl methyl sites for hydroxylation is 1. The van der Waals surface area contributed by atoms with Gasteiger partial charge in [0.25, 0.3) is 10.0 Å². The summed E-state index contributed by atoms with van der Waals surface area (Å²) in [6.07, 6.45) is 0. The van der Waals surface area contributed by atoms with Gasteiger partial charge in [0, 0.05) is 11.1 Å². The lowest BCUT2D eigenvalue weighted by Crippen LogP contribution is -2.26. The van der Waals surface area contributed by atoms with Crippen LogP contribution < -0.4 is 10.5 Å². The Balaban J connectivity index is 1.96. The zero-order valence-electron chi connectivity index (χ0n) is 16.2. The number of ketones is 2. The maximum absolute atomic E-state index is 13.2. The number of nitrogens with one attached hydrogen (secondary N) is 1. The summed E-state index contributed by atoms with van der Waals surface area (Å²) in [5.74, 6) is -2.74. The number of sulfonamides is 1. The maximum Gasteiger partial charge on any atom is 0.337 e. The van der Waals surface area contributed by atoms with Crippen molar-refractivity contribution in [2.24, 2.45) is 0 Å². The van der Waals surface area contributed by atoms with Crippen molar-refractivity contribution in [2.75, 3.05) is 10.5 Å². The molecule has 156 valence electrons. The van der Waals surface area contributed by atoms with Crippen molar-refractivity contribution in [1.29, 1.82) is 0 Å².